The van der Waals surface area contributed by atoms with Crippen LogP contribution in [0.1, 0.15) is 19.3 Å². The van der Waals surface area contributed by atoms with Crippen LogP contribution in [0.4, 0.5) is 0 Å². The van der Waals surface area contributed by atoms with E-state index in [2.05, 4.69) is 5.32 Å². The zero-order valence-electron chi connectivity index (χ0n) is 8.72. The number of aliphatic hydroxyl groups excluding tert-OH is 2. The van der Waals surface area contributed by atoms with Gasteiger partial charge in [0.2, 0.25) is 5.91 Å². The number of hydrogen-bond acceptors (Lipinski definition) is 4. The van der Waals surface area contributed by atoms with Crippen molar-refractivity contribution >= 4 is 5.91 Å². The summed E-state index contributed by atoms with van der Waals surface area (Å²) in [6.45, 7) is 1.24. The normalized spacial score (nSPS) is 30.9. The molecule has 5 nitrogen and oxygen atoms in total. The minimum absolute atomic E-state index is 0.0127. The Morgan fingerprint density at radius 1 is 1.27 bits per heavy atom. The zero-order chi connectivity index (χ0) is 10.8. The van der Waals surface area contributed by atoms with Crippen LogP contribution < -0.4 is 5.32 Å². The molecule has 0 bridgehead atoms. The van der Waals surface area contributed by atoms with Gasteiger partial charge in [-0.15, -0.1) is 0 Å². The maximum atomic E-state index is 11.6. The molecule has 0 aromatic rings. The molecule has 2 atom stereocenters. The molecule has 0 radical (unpaired) electrons. The van der Waals surface area contributed by atoms with Crippen molar-refractivity contribution < 1.29 is 15.0 Å². The van der Waals surface area contributed by atoms with Gasteiger partial charge in [-0.3, -0.25) is 4.79 Å². The van der Waals surface area contributed by atoms with Gasteiger partial charge in [-0.2, -0.15) is 0 Å². The summed E-state index contributed by atoms with van der Waals surface area (Å²) in [5.41, 5.74) is 0. The fourth-order valence-corrected chi connectivity index (χ4v) is 1.80. The zero-order valence-corrected chi connectivity index (χ0v) is 8.72. The summed E-state index contributed by atoms with van der Waals surface area (Å²) in [6, 6.07) is 0.618. The van der Waals surface area contributed by atoms with E-state index in [1.54, 1.807) is 0 Å². The lowest BCUT2D eigenvalue weighted by atomic mass is 10.3. The molecule has 86 valence electrons. The van der Waals surface area contributed by atoms with Crippen LogP contribution in [-0.2, 0) is 4.79 Å². The second-order valence-corrected chi connectivity index (χ2v) is 4.41. The van der Waals surface area contributed by atoms with Crippen LogP contribution in [0.2, 0.25) is 0 Å². The first kappa shape index (κ1) is 10.9. The summed E-state index contributed by atoms with van der Waals surface area (Å²) in [4.78, 5) is 13.1. The van der Waals surface area contributed by atoms with Gasteiger partial charge in [-0.25, -0.2) is 0 Å². The minimum atomic E-state index is -0.773. The van der Waals surface area contributed by atoms with Gasteiger partial charge in [0.1, 0.15) is 0 Å². The molecule has 0 aromatic heterocycles. The van der Waals surface area contributed by atoms with E-state index in [-0.39, 0.29) is 19.0 Å². The van der Waals surface area contributed by atoms with E-state index >= 15 is 0 Å². The lowest BCUT2D eigenvalue weighted by Crippen LogP contribution is -2.32. The quantitative estimate of drug-likeness (QED) is 0.543. The Labute approximate surface area is 89.1 Å². The highest BCUT2D eigenvalue weighted by Crippen LogP contribution is 2.18. The second-order valence-electron chi connectivity index (χ2n) is 4.41. The van der Waals surface area contributed by atoms with E-state index in [0.29, 0.717) is 19.0 Å². The first-order chi connectivity index (χ1) is 7.16. The molecular formula is C10H18N2O3. The van der Waals surface area contributed by atoms with Gasteiger partial charge in [0.15, 0.2) is 0 Å². The monoisotopic (exact) mass is 214 g/mol. The van der Waals surface area contributed by atoms with Gasteiger partial charge in [0.25, 0.3) is 0 Å². The molecular weight excluding hydrogens is 196 g/mol. The Hall–Kier alpha value is -0.650. The van der Waals surface area contributed by atoms with Crippen molar-refractivity contribution in [3.63, 3.8) is 0 Å². The topological polar surface area (TPSA) is 72.8 Å². The summed E-state index contributed by atoms with van der Waals surface area (Å²) >= 11 is 0. The summed E-state index contributed by atoms with van der Waals surface area (Å²) in [5.74, 6) is 0.0127. The number of nitrogens with zero attached hydrogens (tertiary/aromatic N) is 1. The number of rotatable bonds is 4. The first-order valence-electron chi connectivity index (χ1n) is 5.54. The summed E-state index contributed by atoms with van der Waals surface area (Å²) < 4.78 is 0. The molecule has 1 saturated carbocycles. The van der Waals surface area contributed by atoms with E-state index in [0.717, 1.165) is 0 Å². The molecule has 1 aliphatic heterocycles. The van der Waals surface area contributed by atoms with E-state index < -0.39 is 12.2 Å². The highest BCUT2D eigenvalue weighted by atomic mass is 16.3. The summed E-state index contributed by atoms with van der Waals surface area (Å²) in [6.07, 6.45) is 1.34. The smallest absolute Gasteiger partial charge is 0.224 e. The highest BCUT2D eigenvalue weighted by molar-refractivity contribution is 5.76. The number of β-amino-alcohol motifs (C(OH)–C–C–N with tert-alkyl or cyclic N) is 2. The van der Waals surface area contributed by atoms with Gasteiger partial charge in [-0.1, -0.05) is 0 Å². The Morgan fingerprint density at radius 2 is 1.87 bits per heavy atom. The third kappa shape index (κ3) is 2.90. The third-order valence-corrected chi connectivity index (χ3v) is 2.96. The van der Waals surface area contributed by atoms with Crippen LogP contribution in [0.25, 0.3) is 0 Å². The summed E-state index contributed by atoms with van der Waals surface area (Å²) in [7, 11) is 0. The molecule has 15 heavy (non-hydrogen) atoms. The van der Waals surface area contributed by atoms with Crippen molar-refractivity contribution in [3.05, 3.63) is 0 Å². The molecule has 5 heteroatoms. The van der Waals surface area contributed by atoms with Crippen LogP contribution in [0.5, 0.6) is 0 Å². The summed E-state index contributed by atoms with van der Waals surface area (Å²) in [5, 5.41) is 21.8. The average molecular weight is 214 g/mol. The van der Waals surface area contributed by atoms with Crippen LogP contribution in [0, 0.1) is 0 Å². The largest absolute Gasteiger partial charge is 0.388 e. The Balaban J connectivity index is 1.66. The Kier molecular flexibility index (Phi) is 3.23. The van der Waals surface area contributed by atoms with Crippen molar-refractivity contribution in [2.45, 2.75) is 37.5 Å². The van der Waals surface area contributed by atoms with Gasteiger partial charge in [-0.05, 0) is 12.8 Å². The van der Waals surface area contributed by atoms with Crippen LogP contribution in [-0.4, -0.2) is 58.9 Å². The van der Waals surface area contributed by atoms with Crippen LogP contribution in [0.3, 0.4) is 0 Å². The van der Waals surface area contributed by atoms with Crippen molar-refractivity contribution in [3.8, 4) is 0 Å². The molecule has 0 aromatic carbocycles. The molecule has 1 aliphatic carbocycles. The molecule has 1 heterocycles. The molecule has 1 amide bonds. The number of likely N-dealkylation sites (tertiary alicyclic amines) is 1. The average Bonchev–Trinajstić information content (AvgIpc) is 2.94. The van der Waals surface area contributed by atoms with E-state index in [1.165, 1.54) is 17.7 Å². The van der Waals surface area contributed by atoms with Gasteiger partial charge >= 0.3 is 0 Å². The molecule has 0 unspecified atom stereocenters. The van der Waals surface area contributed by atoms with E-state index in [4.69, 9.17) is 0 Å². The maximum absolute atomic E-state index is 11.6. The van der Waals surface area contributed by atoms with Crippen molar-refractivity contribution in [2.24, 2.45) is 0 Å². The fraction of sp³-hybridized carbons (Fsp3) is 0.900. The molecule has 3 N–H and O–H groups in total. The molecule has 0 spiro atoms. The molecule has 2 rings (SSSR count). The SMILES string of the molecule is O=C(CCNC1CC1)N1C[C@@H](O)[C@@H](O)C1. The van der Waals surface area contributed by atoms with Gasteiger partial charge in [0, 0.05) is 32.1 Å². The van der Waals surface area contributed by atoms with Crippen molar-refractivity contribution in [1.29, 1.82) is 0 Å². The number of aliphatic hydroxyl groups is 2. The predicted octanol–water partition coefficient (Wildman–Crippen LogP) is -1.31. The first-order valence-corrected chi connectivity index (χ1v) is 5.54. The molecule has 1 saturated heterocycles. The van der Waals surface area contributed by atoms with Crippen LogP contribution in [0.15, 0.2) is 0 Å². The van der Waals surface area contributed by atoms with E-state index in [9.17, 15) is 15.0 Å². The van der Waals surface area contributed by atoms with Crippen LogP contribution >= 0.6 is 0 Å². The van der Waals surface area contributed by atoms with Gasteiger partial charge in [0.05, 0.1) is 12.2 Å². The van der Waals surface area contributed by atoms with Gasteiger partial charge < -0.3 is 20.4 Å². The Bertz CT molecular complexity index is 233. The second kappa shape index (κ2) is 4.47. The maximum Gasteiger partial charge on any atom is 0.224 e. The van der Waals surface area contributed by atoms with Crippen molar-refractivity contribution in [1.82, 2.24) is 10.2 Å². The third-order valence-electron chi connectivity index (χ3n) is 2.96. The standard InChI is InChI=1S/C10H18N2O3/c13-8-5-12(6-9(8)14)10(15)3-4-11-7-1-2-7/h7-9,11,13-14H,1-6H2/t8-,9+. The number of amides is 1. The number of carbonyl (C=O) groups is 1. The van der Waals surface area contributed by atoms with Crippen molar-refractivity contribution in [2.75, 3.05) is 19.6 Å². The molecule has 2 aliphatic rings. The number of carbonyl (C=O) groups excluding carboxylic acids is 1. The molecule has 2 fully saturated rings. The number of hydrogen-bond donors (Lipinski definition) is 3. The highest BCUT2D eigenvalue weighted by Gasteiger charge is 2.32. The van der Waals surface area contributed by atoms with E-state index in [1.807, 2.05) is 0 Å². The fourth-order valence-electron chi connectivity index (χ4n) is 1.80. The number of nitrogens with one attached hydrogen (secondary N) is 1. The lowest BCUT2D eigenvalue weighted by molar-refractivity contribution is -0.130. The lowest BCUT2D eigenvalue weighted by Gasteiger charge is -2.15. The predicted molar refractivity (Wildman–Crippen MR) is 54.2 cm³/mol. The minimum Gasteiger partial charge on any atom is -0.388 e. The Morgan fingerprint density at radius 3 is 2.40 bits per heavy atom.